The lowest BCUT2D eigenvalue weighted by molar-refractivity contribution is 0.0163. The van der Waals surface area contributed by atoms with Crippen LogP contribution in [0.25, 0.3) is 0 Å². The third kappa shape index (κ3) is 4.17. The first-order valence-corrected chi connectivity index (χ1v) is 8.23. The van der Waals surface area contributed by atoms with E-state index in [-0.39, 0.29) is 0 Å². The summed E-state index contributed by atoms with van der Waals surface area (Å²) in [7, 11) is 1.82. The SMILES string of the molecule is COCC(CCCN)N1CCC2(CCCCC2)CC1. The van der Waals surface area contributed by atoms with Crippen LogP contribution in [0.3, 0.4) is 0 Å². The van der Waals surface area contributed by atoms with Crippen molar-refractivity contribution in [1.82, 2.24) is 4.90 Å². The Morgan fingerprint density at radius 2 is 1.79 bits per heavy atom. The summed E-state index contributed by atoms with van der Waals surface area (Å²) < 4.78 is 5.41. The summed E-state index contributed by atoms with van der Waals surface area (Å²) in [6.07, 6.45) is 12.5. The maximum Gasteiger partial charge on any atom is 0.0618 e. The number of hydrogen-bond donors (Lipinski definition) is 1. The largest absolute Gasteiger partial charge is 0.383 e. The van der Waals surface area contributed by atoms with Gasteiger partial charge in [-0.1, -0.05) is 19.3 Å². The highest BCUT2D eigenvalue weighted by atomic mass is 16.5. The molecule has 0 radical (unpaired) electrons. The molecule has 3 heteroatoms. The lowest BCUT2D eigenvalue weighted by Gasteiger charge is -2.46. The minimum Gasteiger partial charge on any atom is -0.383 e. The standard InChI is InChI=1S/C16H32N2O/c1-19-14-15(6-5-11-17)18-12-9-16(10-13-18)7-3-2-4-8-16/h15H,2-14,17H2,1H3. The molecule has 2 aliphatic rings. The zero-order valence-corrected chi connectivity index (χ0v) is 12.7. The van der Waals surface area contributed by atoms with Gasteiger partial charge in [0.05, 0.1) is 6.61 Å². The first kappa shape index (κ1) is 15.3. The quantitative estimate of drug-likeness (QED) is 0.805. The van der Waals surface area contributed by atoms with Gasteiger partial charge in [0.1, 0.15) is 0 Å². The highest BCUT2D eigenvalue weighted by Crippen LogP contribution is 2.44. The van der Waals surface area contributed by atoms with Crippen LogP contribution in [0.15, 0.2) is 0 Å². The normalized spacial score (nSPS) is 25.6. The average molecular weight is 268 g/mol. The van der Waals surface area contributed by atoms with E-state index in [4.69, 9.17) is 10.5 Å². The Morgan fingerprint density at radius 3 is 2.37 bits per heavy atom. The molecule has 1 saturated carbocycles. The van der Waals surface area contributed by atoms with Crippen LogP contribution in [0.4, 0.5) is 0 Å². The van der Waals surface area contributed by atoms with E-state index in [1.165, 1.54) is 64.5 Å². The molecule has 112 valence electrons. The van der Waals surface area contributed by atoms with E-state index in [1.54, 1.807) is 0 Å². The topological polar surface area (TPSA) is 38.5 Å². The molecule has 2 N–H and O–H groups in total. The van der Waals surface area contributed by atoms with E-state index in [1.807, 2.05) is 7.11 Å². The van der Waals surface area contributed by atoms with Gasteiger partial charge in [-0.05, 0) is 63.6 Å². The maximum atomic E-state index is 5.65. The molecule has 0 aromatic carbocycles. The molecule has 0 amide bonds. The smallest absolute Gasteiger partial charge is 0.0618 e. The molecule has 1 aliphatic heterocycles. The molecule has 0 bridgehead atoms. The van der Waals surface area contributed by atoms with E-state index < -0.39 is 0 Å². The number of nitrogens with zero attached hydrogens (tertiary/aromatic N) is 1. The van der Waals surface area contributed by atoms with Gasteiger partial charge in [0.25, 0.3) is 0 Å². The Balaban J connectivity index is 1.82. The third-order valence-corrected chi connectivity index (χ3v) is 5.39. The molecule has 2 fully saturated rings. The van der Waals surface area contributed by atoms with Gasteiger partial charge in [-0.25, -0.2) is 0 Å². The second kappa shape index (κ2) is 7.61. The first-order valence-electron chi connectivity index (χ1n) is 8.23. The molecule has 0 aromatic rings. The van der Waals surface area contributed by atoms with Gasteiger partial charge in [-0.2, -0.15) is 0 Å². The third-order valence-electron chi connectivity index (χ3n) is 5.39. The molecule has 19 heavy (non-hydrogen) atoms. The van der Waals surface area contributed by atoms with Crippen molar-refractivity contribution in [2.45, 2.75) is 63.8 Å². The van der Waals surface area contributed by atoms with Crippen molar-refractivity contribution in [3.8, 4) is 0 Å². The van der Waals surface area contributed by atoms with Crippen LogP contribution in [-0.2, 0) is 4.74 Å². The molecule has 1 aliphatic carbocycles. The van der Waals surface area contributed by atoms with Crippen LogP contribution in [0.5, 0.6) is 0 Å². The van der Waals surface area contributed by atoms with Crippen molar-refractivity contribution in [1.29, 1.82) is 0 Å². The lowest BCUT2D eigenvalue weighted by atomic mass is 9.68. The van der Waals surface area contributed by atoms with E-state index in [0.29, 0.717) is 11.5 Å². The zero-order valence-electron chi connectivity index (χ0n) is 12.7. The van der Waals surface area contributed by atoms with Gasteiger partial charge in [-0.3, -0.25) is 4.90 Å². The Labute approximate surface area is 118 Å². The lowest BCUT2D eigenvalue weighted by Crippen LogP contribution is -2.47. The highest BCUT2D eigenvalue weighted by molar-refractivity contribution is 4.90. The summed E-state index contributed by atoms with van der Waals surface area (Å²) in [5.74, 6) is 0. The molecule has 1 atom stereocenters. The summed E-state index contributed by atoms with van der Waals surface area (Å²) in [6.45, 7) is 4.22. The van der Waals surface area contributed by atoms with E-state index in [9.17, 15) is 0 Å². The molecule has 3 nitrogen and oxygen atoms in total. The number of likely N-dealkylation sites (tertiary alicyclic amines) is 1. The van der Waals surface area contributed by atoms with Gasteiger partial charge in [0.2, 0.25) is 0 Å². The number of piperidine rings is 1. The minimum absolute atomic E-state index is 0.592. The molecule has 1 unspecified atom stereocenters. The second-order valence-electron chi connectivity index (χ2n) is 6.64. The van der Waals surface area contributed by atoms with Crippen molar-refractivity contribution in [3.05, 3.63) is 0 Å². The summed E-state index contributed by atoms with van der Waals surface area (Å²) in [5.41, 5.74) is 6.36. The number of rotatable bonds is 6. The van der Waals surface area contributed by atoms with Gasteiger partial charge in [0.15, 0.2) is 0 Å². The monoisotopic (exact) mass is 268 g/mol. The molecule has 1 heterocycles. The molecule has 1 saturated heterocycles. The molecule has 1 spiro atoms. The van der Waals surface area contributed by atoms with Crippen molar-refractivity contribution in [2.75, 3.05) is 33.4 Å². The predicted molar refractivity (Wildman–Crippen MR) is 80.3 cm³/mol. The van der Waals surface area contributed by atoms with Crippen molar-refractivity contribution < 1.29 is 4.74 Å². The number of nitrogens with two attached hydrogens (primary N) is 1. The van der Waals surface area contributed by atoms with Crippen LogP contribution >= 0.6 is 0 Å². The van der Waals surface area contributed by atoms with Crippen LogP contribution < -0.4 is 5.73 Å². The fraction of sp³-hybridized carbons (Fsp3) is 1.00. The van der Waals surface area contributed by atoms with Crippen LogP contribution in [0.2, 0.25) is 0 Å². The van der Waals surface area contributed by atoms with Gasteiger partial charge < -0.3 is 10.5 Å². The fourth-order valence-corrected chi connectivity index (χ4v) is 4.08. The summed E-state index contributed by atoms with van der Waals surface area (Å²) in [4.78, 5) is 2.67. The van der Waals surface area contributed by atoms with Gasteiger partial charge >= 0.3 is 0 Å². The zero-order chi connectivity index (χ0) is 13.6. The number of hydrogen-bond acceptors (Lipinski definition) is 3. The van der Waals surface area contributed by atoms with Crippen molar-refractivity contribution in [2.24, 2.45) is 11.1 Å². The Hall–Kier alpha value is -0.120. The summed E-state index contributed by atoms with van der Waals surface area (Å²) in [6, 6.07) is 0.592. The van der Waals surface area contributed by atoms with Crippen LogP contribution in [-0.4, -0.2) is 44.3 Å². The first-order chi connectivity index (χ1) is 9.29. The summed E-state index contributed by atoms with van der Waals surface area (Å²) >= 11 is 0. The van der Waals surface area contributed by atoms with Crippen molar-refractivity contribution >= 4 is 0 Å². The van der Waals surface area contributed by atoms with Crippen LogP contribution in [0.1, 0.15) is 57.8 Å². The van der Waals surface area contributed by atoms with E-state index in [2.05, 4.69) is 4.90 Å². The second-order valence-corrected chi connectivity index (χ2v) is 6.64. The molecule has 0 aromatic heterocycles. The van der Waals surface area contributed by atoms with Gasteiger partial charge in [0, 0.05) is 13.2 Å². The molecule has 2 rings (SSSR count). The van der Waals surface area contributed by atoms with Crippen molar-refractivity contribution in [3.63, 3.8) is 0 Å². The minimum atomic E-state index is 0.592. The Morgan fingerprint density at radius 1 is 1.11 bits per heavy atom. The highest BCUT2D eigenvalue weighted by Gasteiger charge is 2.36. The Kier molecular flexibility index (Phi) is 6.11. The fourth-order valence-electron chi connectivity index (χ4n) is 4.08. The van der Waals surface area contributed by atoms with E-state index >= 15 is 0 Å². The maximum absolute atomic E-state index is 5.65. The number of methoxy groups -OCH3 is 1. The Bertz CT molecular complexity index is 241. The van der Waals surface area contributed by atoms with Gasteiger partial charge in [-0.15, -0.1) is 0 Å². The molecular weight excluding hydrogens is 236 g/mol. The van der Waals surface area contributed by atoms with E-state index in [0.717, 1.165) is 19.6 Å². The van der Waals surface area contributed by atoms with Crippen LogP contribution in [0, 0.1) is 5.41 Å². The summed E-state index contributed by atoms with van der Waals surface area (Å²) in [5, 5.41) is 0. The predicted octanol–water partition coefficient (Wildman–Crippen LogP) is 2.79. The molecular formula is C16H32N2O. The number of ether oxygens (including phenoxy) is 1. The average Bonchev–Trinajstić information content (AvgIpc) is 2.45.